The Balaban J connectivity index is 2.24. The standard InChI is InChI=1S/C11H14FNO3/c1-11(2)15-6-9(16-11)8-4-7(14-3)5-10(12)13-8/h4-5,9H,6H2,1-3H3. The molecule has 2 heterocycles. The molecule has 16 heavy (non-hydrogen) atoms. The zero-order valence-corrected chi connectivity index (χ0v) is 9.49. The molecule has 1 saturated heterocycles. The lowest BCUT2D eigenvalue weighted by Gasteiger charge is -2.17. The minimum Gasteiger partial charge on any atom is -0.497 e. The van der Waals surface area contributed by atoms with Crippen molar-refractivity contribution in [2.75, 3.05) is 13.7 Å². The predicted molar refractivity (Wildman–Crippen MR) is 54.6 cm³/mol. The van der Waals surface area contributed by atoms with Crippen LogP contribution < -0.4 is 4.74 Å². The molecule has 5 heteroatoms. The summed E-state index contributed by atoms with van der Waals surface area (Å²) in [7, 11) is 1.48. The molecule has 0 saturated carbocycles. The minimum absolute atomic E-state index is 0.348. The first-order valence-electron chi connectivity index (χ1n) is 5.03. The first-order chi connectivity index (χ1) is 7.50. The molecule has 1 aliphatic rings. The lowest BCUT2D eigenvalue weighted by Crippen LogP contribution is -2.19. The van der Waals surface area contributed by atoms with Crippen LogP contribution in [0.15, 0.2) is 12.1 Å². The van der Waals surface area contributed by atoms with Gasteiger partial charge in [0.25, 0.3) is 0 Å². The van der Waals surface area contributed by atoms with Crippen LogP contribution in [0.25, 0.3) is 0 Å². The highest BCUT2D eigenvalue weighted by molar-refractivity contribution is 5.25. The minimum atomic E-state index is -0.647. The van der Waals surface area contributed by atoms with Crippen molar-refractivity contribution < 1.29 is 18.6 Å². The highest BCUT2D eigenvalue weighted by Crippen LogP contribution is 2.33. The molecule has 0 spiro atoms. The van der Waals surface area contributed by atoms with Crippen molar-refractivity contribution in [3.8, 4) is 5.75 Å². The number of ether oxygens (including phenoxy) is 3. The van der Waals surface area contributed by atoms with Crippen LogP contribution in [0.5, 0.6) is 5.75 Å². The number of methoxy groups -OCH3 is 1. The number of nitrogens with zero attached hydrogens (tertiary/aromatic N) is 1. The van der Waals surface area contributed by atoms with Crippen molar-refractivity contribution in [2.45, 2.75) is 25.7 Å². The van der Waals surface area contributed by atoms with Gasteiger partial charge in [-0.25, -0.2) is 4.98 Å². The average Bonchev–Trinajstić information content (AvgIpc) is 2.58. The van der Waals surface area contributed by atoms with Gasteiger partial charge in [0.2, 0.25) is 5.95 Å². The fourth-order valence-corrected chi connectivity index (χ4v) is 1.61. The van der Waals surface area contributed by atoms with Crippen molar-refractivity contribution in [1.82, 2.24) is 4.98 Å². The number of hydrogen-bond donors (Lipinski definition) is 0. The Morgan fingerprint density at radius 1 is 1.50 bits per heavy atom. The third kappa shape index (κ3) is 2.31. The maximum atomic E-state index is 13.2. The van der Waals surface area contributed by atoms with Gasteiger partial charge in [-0.1, -0.05) is 0 Å². The van der Waals surface area contributed by atoms with Gasteiger partial charge in [-0.2, -0.15) is 4.39 Å². The van der Waals surface area contributed by atoms with Crippen LogP contribution in [0.3, 0.4) is 0 Å². The lowest BCUT2D eigenvalue weighted by atomic mass is 10.2. The Bertz CT molecular complexity index is 395. The Labute approximate surface area is 93.3 Å². The third-order valence-corrected chi connectivity index (χ3v) is 2.36. The monoisotopic (exact) mass is 227 g/mol. The van der Waals surface area contributed by atoms with Crippen LogP contribution in [0.4, 0.5) is 4.39 Å². The normalized spacial score (nSPS) is 23.4. The maximum absolute atomic E-state index is 13.2. The van der Waals surface area contributed by atoms with Gasteiger partial charge in [-0.3, -0.25) is 0 Å². The summed E-state index contributed by atoms with van der Waals surface area (Å²) in [5.41, 5.74) is 0.488. The van der Waals surface area contributed by atoms with Gasteiger partial charge in [0, 0.05) is 12.1 Å². The predicted octanol–water partition coefficient (Wildman–Crippen LogP) is 2.05. The second-order valence-corrected chi connectivity index (χ2v) is 4.07. The van der Waals surface area contributed by atoms with Crippen LogP contribution >= 0.6 is 0 Å². The van der Waals surface area contributed by atoms with E-state index in [1.54, 1.807) is 6.07 Å². The molecule has 4 nitrogen and oxygen atoms in total. The lowest BCUT2D eigenvalue weighted by molar-refractivity contribution is -0.139. The fraction of sp³-hybridized carbons (Fsp3) is 0.545. The van der Waals surface area contributed by atoms with Crippen LogP contribution in [-0.4, -0.2) is 24.5 Å². The molecule has 1 fully saturated rings. The van der Waals surface area contributed by atoms with Crippen LogP contribution in [0.2, 0.25) is 0 Å². The quantitative estimate of drug-likeness (QED) is 0.725. The van der Waals surface area contributed by atoms with Gasteiger partial charge in [0.05, 0.1) is 19.4 Å². The van der Waals surface area contributed by atoms with E-state index in [1.807, 2.05) is 13.8 Å². The van der Waals surface area contributed by atoms with E-state index in [0.717, 1.165) is 0 Å². The molecule has 0 N–H and O–H groups in total. The van der Waals surface area contributed by atoms with Gasteiger partial charge in [0.15, 0.2) is 5.79 Å². The third-order valence-electron chi connectivity index (χ3n) is 2.36. The number of pyridine rings is 1. The largest absolute Gasteiger partial charge is 0.497 e. The van der Waals surface area contributed by atoms with Gasteiger partial charge in [-0.05, 0) is 13.8 Å². The maximum Gasteiger partial charge on any atom is 0.216 e. The first-order valence-corrected chi connectivity index (χ1v) is 5.03. The van der Waals surface area contributed by atoms with E-state index in [0.29, 0.717) is 18.1 Å². The first kappa shape index (κ1) is 11.3. The molecular weight excluding hydrogens is 213 g/mol. The summed E-state index contributed by atoms with van der Waals surface area (Å²) in [6.07, 6.45) is -0.348. The summed E-state index contributed by atoms with van der Waals surface area (Å²) in [4.78, 5) is 3.78. The van der Waals surface area contributed by atoms with Gasteiger partial charge in [-0.15, -0.1) is 0 Å². The number of hydrogen-bond acceptors (Lipinski definition) is 4. The molecule has 88 valence electrons. The van der Waals surface area contributed by atoms with Crippen molar-refractivity contribution in [1.29, 1.82) is 0 Å². The van der Waals surface area contributed by atoms with E-state index in [-0.39, 0.29) is 6.10 Å². The molecule has 2 rings (SSSR count). The van der Waals surface area contributed by atoms with E-state index in [4.69, 9.17) is 14.2 Å². The Morgan fingerprint density at radius 2 is 2.25 bits per heavy atom. The number of aromatic nitrogens is 1. The van der Waals surface area contributed by atoms with Gasteiger partial charge < -0.3 is 14.2 Å². The molecule has 1 aliphatic heterocycles. The van der Waals surface area contributed by atoms with Crippen LogP contribution in [0, 0.1) is 5.95 Å². The molecule has 1 atom stereocenters. The van der Waals surface area contributed by atoms with Gasteiger partial charge in [0.1, 0.15) is 11.9 Å². The molecule has 0 radical (unpaired) electrons. The summed E-state index contributed by atoms with van der Waals surface area (Å²) in [6.45, 7) is 3.99. The average molecular weight is 227 g/mol. The molecule has 0 bridgehead atoms. The SMILES string of the molecule is COc1cc(F)nc(C2COC(C)(C)O2)c1. The molecule has 0 aliphatic carbocycles. The molecule has 1 aromatic heterocycles. The zero-order valence-electron chi connectivity index (χ0n) is 9.49. The summed E-state index contributed by atoms with van der Waals surface area (Å²) < 4.78 is 29.1. The number of rotatable bonds is 2. The Kier molecular flexibility index (Phi) is 2.82. The summed E-state index contributed by atoms with van der Waals surface area (Å²) in [5.74, 6) is -0.801. The molecule has 1 unspecified atom stereocenters. The van der Waals surface area contributed by atoms with Crippen molar-refractivity contribution in [2.24, 2.45) is 0 Å². The summed E-state index contributed by atoms with van der Waals surface area (Å²) in [5, 5.41) is 0. The van der Waals surface area contributed by atoms with E-state index < -0.39 is 11.7 Å². The molecule has 1 aromatic rings. The fourth-order valence-electron chi connectivity index (χ4n) is 1.61. The summed E-state index contributed by atoms with van der Waals surface area (Å²) >= 11 is 0. The van der Waals surface area contributed by atoms with Crippen molar-refractivity contribution in [3.05, 3.63) is 23.8 Å². The highest BCUT2D eigenvalue weighted by atomic mass is 19.1. The van der Waals surface area contributed by atoms with E-state index in [9.17, 15) is 4.39 Å². The molecule has 0 aromatic carbocycles. The van der Waals surface area contributed by atoms with E-state index in [1.165, 1.54) is 13.2 Å². The van der Waals surface area contributed by atoms with Crippen molar-refractivity contribution >= 4 is 0 Å². The van der Waals surface area contributed by atoms with Crippen LogP contribution in [-0.2, 0) is 9.47 Å². The van der Waals surface area contributed by atoms with Crippen LogP contribution in [0.1, 0.15) is 25.6 Å². The zero-order chi connectivity index (χ0) is 11.8. The van der Waals surface area contributed by atoms with Crippen molar-refractivity contribution in [3.63, 3.8) is 0 Å². The van der Waals surface area contributed by atoms with Gasteiger partial charge >= 0.3 is 0 Å². The second kappa shape index (κ2) is 3.99. The summed E-state index contributed by atoms with van der Waals surface area (Å²) in [6, 6.07) is 2.88. The van der Waals surface area contributed by atoms with E-state index in [2.05, 4.69) is 4.98 Å². The topological polar surface area (TPSA) is 40.6 Å². The number of halogens is 1. The Hall–Kier alpha value is -1.20. The highest BCUT2D eigenvalue weighted by Gasteiger charge is 2.34. The van der Waals surface area contributed by atoms with E-state index >= 15 is 0 Å². The molecule has 0 amide bonds. The molecular formula is C11H14FNO3. The second-order valence-electron chi connectivity index (χ2n) is 4.07. The smallest absolute Gasteiger partial charge is 0.216 e. The Morgan fingerprint density at radius 3 is 2.81 bits per heavy atom.